The van der Waals surface area contributed by atoms with Gasteiger partial charge in [-0.2, -0.15) is 4.98 Å². The number of anilines is 3. The van der Waals surface area contributed by atoms with Gasteiger partial charge in [-0.25, -0.2) is 4.98 Å². The molecule has 0 unspecified atom stereocenters. The van der Waals surface area contributed by atoms with Gasteiger partial charge in [-0.15, -0.1) is 0 Å². The van der Waals surface area contributed by atoms with Crippen LogP contribution < -0.4 is 10.6 Å². The molecular formula is C20H21ClN4. The Morgan fingerprint density at radius 1 is 0.920 bits per heavy atom. The van der Waals surface area contributed by atoms with E-state index < -0.39 is 0 Å². The fourth-order valence-corrected chi connectivity index (χ4v) is 2.70. The maximum Gasteiger partial charge on any atom is 0.225 e. The molecule has 0 amide bonds. The first-order chi connectivity index (χ1) is 12.0. The third-order valence-corrected chi connectivity index (χ3v) is 4.40. The first kappa shape index (κ1) is 17.2. The van der Waals surface area contributed by atoms with Crippen molar-refractivity contribution < 1.29 is 0 Å². The Hall–Kier alpha value is -2.59. The predicted octanol–water partition coefficient (Wildman–Crippen LogP) is 5.41. The minimum atomic E-state index is 0.575. The van der Waals surface area contributed by atoms with Gasteiger partial charge in [-0.3, -0.25) is 0 Å². The molecule has 2 N–H and O–H groups in total. The Bertz CT molecular complexity index is 893. The third kappa shape index (κ3) is 4.48. The first-order valence-electron chi connectivity index (χ1n) is 8.18. The van der Waals surface area contributed by atoms with Crippen LogP contribution in [0.1, 0.15) is 22.4 Å². The monoisotopic (exact) mass is 352 g/mol. The van der Waals surface area contributed by atoms with Crippen LogP contribution >= 0.6 is 11.6 Å². The van der Waals surface area contributed by atoms with Crippen LogP contribution in [-0.4, -0.2) is 9.97 Å². The predicted molar refractivity (Wildman–Crippen MR) is 105 cm³/mol. The molecule has 3 aromatic rings. The largest absolute Gasteiger partial charge is 0.350 e. The van der Waals surface area contributed by atoms with Gasteiger partial charge in [0.25, 0.3) is 0 Å². The van der Waals surface area contributed by atoms with Crippen LogP contribution in [0.15, 0.2) is 48.5 Å². The summed E-state index contributed by atoms with van der Waals surface area (Å²) >= 11 is 6.19. The Kier molecular flexibility index (Phi) is 5.19. The highest BCUT2D eigenvalue weighted by molar-refractivity contribution is 6.31. The van der Waals surface area contributed by atoms with Crippen LogP contribution in [-0.2, 0) is 6.54 Å². The molecule has 0 atom stereocenters. The summed E-state index contributed by atoms with van der Waals surface area (Å²) in [6, 6.07) is 15.9. The summed E-state index contributed by atoms with van der Waals surface area (Å²) < 4.78 is 0. The van der Waals surface area contributed by atoms with Gasteiger partial charge in [0, 0.05) is 29.0 Å². The number of nitrogens with one attached hydrogen (secondary N) is 2. The van der Waals surface area contributed by atoms with Crippen molar-refractivity contribution >= 4 is 29.1 Å². The summed E-state index contributed by atoms with van der Waals surface area (Å²) in [5.41, 5.74) is 5.43. The molecule has 3 rings (SSSR count). The summed E-state index contributed by atoms with van der Waals surface area (Å²) in [6.45, 7) is 6.73. The number of benzene rings is 2. The van der Waals surface area contributed by atoms with E-state index in [9.17, 15) is 0 Å². The molecule has 0 fully saturated rings. The van der Waals surface area contributed by atoms with E-state index in [4.69, 9.17) is 11.6 Å². The topological polar surface area (TPSA) is 49.8 Å². The van der Waals surface area contributed by atoms with Gasteiger partial charge in [0.05, 0.1) is 0 Å². The lowest BCUT2D eigenvalue weighted by atomic mass is 10.1. The van der Waals surface area contributed by atoms with Crippen LogP contribution in [0.25, 0.3) is 0 Å². The Morgan fingerprint density at radius 3 is 2.48 bits per heavy atom. The average Bonchev–Trinajstić information content (AvgIpc) is 2.57. The van der Waals surface area contributed by atoms with Gasteiger partial charge >= 0.3 is 0 Å². The molecule has 0 aliphatic rings. The number of aryl methyl sites for hydroxylation is 3. The fourth-order valence-electron chi connectivity index (χ4n) is 2.49. The van der Waals surface area contributed by atoms with Gasteiger partial charge in [-0.05, 0) is 55.7 Å². The highest BCUT2D eigenvalue weighted by atomic mass is 35.5. The van der Waals surface area contributed by atoms with E-state index in [1.807, 2.05) is 37.3 Å². The zero-order valence-electron chi connectivity index (χ0n) is 14.6. The molecule has 1 heterocycles. The summed E-state index contributed by atoms with van der Waals surface area (Å²) in [4.78, 5) is 9.00. The molecule has 2 aromatic carbocycles. The number of nitrogens with zero attached hydrogens (tertiary/aromatic N) is 2. The minimum Gasteiger partial charge on any atom is -0.350 e. The first-order valence-corrected chi connectivity index (χ1v) is 8.56. The molecule has 5 heteroatoms. The second-order valence-corrected chi connectivity index (χ2v) is 6.49. The van der Waals surface area contributed by atoms with E-state index in [1.54, 1.807) is 0 Å². The van der Waals surface area contributed by atoms with Gasteiger partial charge in [0.15, 0.2) is 0 Å². The average molecular weight is 353 g/mol. The summed E-state index contributed by atoms with van der Waals surface area (Å²) in [6.07, 6.45) is 0. The zero-order chi connectivity index (χ0) is 17.8. The maximum atomic E-state index is 6.19. The molecular weight excluding hydrogens is 332 g/mol. The lowest BCUT2D eigenvalue weighted by Gasteiger charge is -2.11. The van der Waals surface area contributed by atoms with E-state index in [2.05, 4.69) is 52.6 Å². The molecule has 0 aliphatic carbocycles. The summed E-state index contributed by atoms with van der Waals surface area (Å²) in [5.74, 6) is 1.34. The van der Waals surface area contributed by atoms with Crippen molar-refractivity contribution in [3.63, 3.8) is 0 Å². The van der Waals surface area contributed by atoms with Crippen molar-refractivity contribution in [2.45, 2.75) is 27.3 Å². The molecule has 0 aliphatic heterocycles. The molecule has 4 nitrogen and oxygen atoms in total. The van der Waals surface area contributed by atoms with Crippen LogP contribution in [0.2, 0.25) is 5.02 Å². The molecule has 0 radical (unpaired) electrons. The van der Waals surface area contributed by atoms with Crippen LogP contribution in [0.3, 0.4) is 0 Å². The van der Waals surface area contributed by atoms with Gasteiger partial charge < -0.3 is 10.6 Å². The van der Waals surface area contributed by atoms with E-state index in [1.165, 1.54) is 11.1 Å². The smallest absolute Gasteiger partial charge is 0.225 e. The SMILES string of the molecule is Cc1cc(Nc2ccc(C)c(C)c2)nc(NCc2ccccc2Cl)n1. The Labute approximate surface area is 153 Å². The van der Waals surface area contributed by atoms with Crippen LogP contribution in [0, 0.1) is 20.8 Å². The fraction of sp³-hybridized carbons (Fsp3) is 0.200. The standard InChI is InChI=1S/C20H21ClN4/c1-13-8-9-17(10-14(13)2)24-19-11-15(3)23-20(25-19)22-12-16-6-4-5-7-18(16)21/h4-11H,12H2,1-3H3,(H2,22,23,24,25). The van der Waals surface area contributed by atoms with Crippen molar-refractivity contribution in [1.29, 1.82) is 0 Å². The second-order valence-electron chi connectivity index (χ2n) is 6.09. The summed E-state index contributed by atoms with van der Waals surface area (Å²) in [7, 11) is 0. The van der Waals surface area contributed by atoms with E-state index >= 15 is 0 Å². The molecule has 0 saturated carbocycles. The number of halogens is 1. The summed E-state index contributed by atoms with van der Waals surface area (Å²) in [5, 5.41) is 7.32. The molecule has 0 bridgehead atoms. The molecule has 25 heavy (non-hydrogen) atoms. The van der Waals surface area contributed by atoms with Crippen molar-refractivity contribution in [2.75, 3.05) is 10.6 Å². The van der Waals surface area contributed by atoms with Crippen molar-refractivity contribution in [3.05, 3.63) is 75.9 Å². The number of aromatic nitrogens is 2. The van der Waals surface area contributed by atoms with Gasteiger partial charge in [-0.1, -0.05) is 35.9 Å². The third-order valence-electron chi connectivity index (χ3n) is 4.03. The minimum absolute atomic E-state index is 0.575. The Morgan fingerprint density at radius 2 is 1.72 bits per heavy atom. The normalized spacial score (nSPS) is 10.6. The van der Waals surface area contributed by atoms with Crippen molar-refractivity contribution in [2.24, 2.45) is 0 Å². The zero-order valence-corrected chi connectivity index (χ0v) is 15.4. The maximum absolute atomic E-state index is 6.19. The number of hydrogen-bond donors (Lipinski definition) is 2. The van der Waals surface area contributed by atoms with E-state index in [0.29, 0.717) is 12.5 Å². The molecule has 0 saturated heterocycles. The highest BCUT2D eigenvalue weighted by Gasteiger charge is 2.05. The van der Waals surface area contributed by atoms with Crippen molar-refractivity contribution in [3.8, 4) is 0 Å². The van der Waals surface area contributed by atoms with Gasteiger partial charge in [0.2, 0.25) is 5.95 Å². The van der Waals surface area contributed by atoms with Crippen LogP contribution in [0.5, 0.6) is 0 Å². The second kappa shape index (κ2) is 7.53. The van der Waals surface area contributed by atoms with E-state index in [-0.39, 0.29) is 0 Å². The van der Waals surface area contributed by atoms with Crippen molar-refractivity contribution in [1.82, 2.24) is 9.97 Å². The lowest BCUT2D eigenvalue weighted by molar-refractivity contribution is 1.03. The molecule has 0 spiro atoms. The van der Waals surface area contributed by atoms with E-state index in [0.717, 1.165) is 27.8 Å². The Balaban J connectivity index is 1.76. The highest BCUT2D eigenvalue weighted by Crippen LogP contribution is 2.20. The quantitative estimate of drug-likeness (QED) is 0.644. The van der Waals surface area contributed by atoms with Gasteiger partial charge in [0.1, 0.15) is 5.82 Å². The molecule has 128 valence electrons. The lowest BCUT2D eigenvalue weighted by Crippen LogP contribution is -2.06. The molecule has 1 aromatic heterocycles. The number of hydrogen-bond acceptors (Lipinski definition) is 4. The van der Waals surface area contributed by atoms with Crippen LogP contribution in [0.4, 0.5) is 17.5 Å². The number of rotatable bonds is 5.